The van der Waals surface area contributed by atoms with Crippen LogP contribution in [0.25, 0.3) is 0 Å². The maximum absolute atomic E-state index is 12.4. The number of halogens is 2. The molecule has 25 heavy (non-hydrogen) atoms. The number of carbonyl (C=O) groups is 1. The molecule has 4 atom stereocenters. The predicted octanol–water partition coefficient (Wildman–Crippen LogP) is 2.40. The fourth-order valence-electron chi connectivity index (χ4n) is 2.95. The summed E-state index contributed by atoms with van der Waals surface area (Å²) >= 11 is 12.1. The summed E-state index contributed by atoms with van der Waals surface area (Å²) in [6, 6.07) is 3.00. The molecule has 2 aliphatic heterocycles. The Morgan fingerprint density at radius 1 is 1.24 bits per heavy atom. The van der Waals surface area contributed by atoms with Crippen molar-refractivity contribution >= 4 is 29.2 Å². The number of fused-ring (bicyclic) bond motifs is 1. The third kappa shape index (κ3) is 3.58. The predicted molar refractivity (Wildman–Crippen MR) is 88.0 cm³/mol. The molecule has 0 bridgehead atoms. The van der Waals surface area contributed by atoms with Crippen LogP contribution in [0.2, 0.25) is 10.0 Å². The minimum Gasteiger partial charge on any atom is -0.494 e. The van der Waals surface area contributed by atoms with Crippen LogP contribution in [0.4, 0.5) is 0 Å². The van der Waals surface area contributed by atoms with E-state index < -0.39 is 36.4 Å². The summed E-state index contributed by atoms with van der Waals surface area (Å²) in [5.74, 6) is -1.43. The van der Waals surface area contributed by atoms with E-state index in [4.69, 9.17) is 46.9 Å². The van der Waals surface area contributed by atoms with Gasteiger partial charge in [0.05, 0.1) is 17.2 Å². The molecule has 3 rings (SSSR count). The van der Waals surface area contributed by atoms with Crippen LogP contribution in [0.5, 0.6) is 5.75 Å². The number of ether oxygens (including phenoxy) is 5. The van der Waals surface area contributed by atoms with Crippen molar-refractivity contribution in [2.75, 3.05) is 13.7 Å². The van der Waals surface area contributed by atoms with Crippen molar-refractivity contribution in [3.05, 3.63) is 27.7 Å². The summed E-state index contributed by atoms with van der Waals surface area (Å²) in [4.78, 5) is 12.4. The number of aliphatic hydroxyl groups excluding tert-OH is 1. The van der Waals surface area contributed by atoms with Gasteiger partial charge < -0.3 is 28.8 Å². The van der Waals surface area contributed by atoms with Gasteiger partial charge in [0.1, 0.15) is 30.5 Å². The van der Waals surface area contributed by atoms with E-state index in [-0.39, 0.29) is 28.0 Å². The molecule has 0 aromatic heterocycles. The Morgan fingerprint density at radius 3 is 2.56 bits per heavy atom. The fourth-order valence-corrected chi connectivity index (χ4v) is 3.41. The molecular formula is C16H18Cl2O7. The van der Waals surface area contributed by atoms with Crippen LogP contribution in [-0.4, -0.2) is 55.2 Å². The lowest BCUT2D eigenvalue weighted by molar-refractivity contribution is -0.223. The van der Waals surface area contributed by atoms with E-state index in [1.165, 1.54) is 19.2 Å². The Morgan fingerprint density at radius 2 is 1.88 bits per heavy atom. The number of methoxy groups -OCH3 is 1. The lowest BCUT2D eigenvalue weighted by Crippen LogP contribution is -2.33. The highest BCUT2D eigenvalue weighted by Crippen LogP contribution is 2.38. The molecular weight excluding hydrogens is 375 g/mol. The highest BCUT2D eigenvalue weighted by Gasteiger charge is 2.55. The van der Waals surface area contributed by atoms with E-state index in [1.807, 2.05) is 0 Å². The second-order valence-corrected chi connectivity index (χ2v) is 6.98. The number of hydrogen-bond donors (Lipinski definition) is 1. The first-order chi connectivity index (χ1) is 11.7. The molecule has 0 saturated carbocycles. The second-order valence-electron chi connectivity index (χ2n) is 6.17. The quantitative estimate of drug-likeness (QED) is 0.787. The number of benzene rings is 1. The molecule has 2 heterocycles. The maximum atomic E-state index is 12.4. The van der Waals surface area contributed by atoms with Gasteiger partial charge in [-0.05, 0) is 26.0 Å². The lowest BCUT2D eigenvalue weighted by atomic mass is 10.1. The second kappa shape index (κ2) is 6.90. The molecule has 0 aliphatic carbocycles. The molecule has 9 heteroatoms. The summed E-state index contributed by atoms with van der Waals surface area (Å²) in [6.07, 6.45) is -3.01. The molecule has 2 saturated heterocycles. The Hall–Kier alpha value is -1.09. The Bertz CT molecular complexity index is 679. The molecule has 0 amide bonds. The first-order valence-electron chi connectivity index (χ1n) is 7.62. The standard InChI is InChI=1S/C16H18Cl2O7/c1-16(2)24-12-9(23-15(20)13(12)25-16)6-22-14(19)10-7(17)4-5-8(18)11(10)21-3/h4-5,9,12-13,15,20H,6H2,1-3H3/t9-,12-,13-,15-/m1/s1. The molecule has 2 fully saturated rings. The smallest absolute Gasteiger partial charge is 0.343 e. The zero-order valence-electron chi connectivity index (χ0n) is 13.8. The minimum atomic E-state index is -1.15. The van der Waals surface area contributed by atoms with Gasteiger partial charge in [-0.1, -0.05) is 23.2 Å². The number of hydrogen-bond acceptors (Lipinski definition) is 7. The molecule has 0 radical (unpaired) electrons. The normalized spacial score (nSPS) is 30.2. The maximum Gasteiger partial charge on any atom is 0.343 e. The monoisotopic (exact) mass is 392 g/mol. The minimum absolute atomic E-state index is 0.0238. The van der Waals surface area contributed by atoms with Gasteiger partial charge in [0.15, 0.2) is 17.8 Å². The fraction of sp³-hybridized carbons (Fsp3) is 0.562. The first-order valence-corrected chi connectivity index (χ1v) is 8.37. The van der Waals surface area contributed by atoms with Gasteiger partial charge in [-0.2, -0.15) is 0 Å². The van der Waals surface area contributed by atoms with Crippen molar-refractivity contribution in [2.45, 2.75) is 44.2 Å². The zero-order chi connectivity index (χ0) is 18.4. The van der Waals surface area contributed by atoms with Gasteiger partial charge in [0, 0.05) is 0 Å². The highest BCUT2D eigenvalue weighted by atomic mass is 35.5. The van der Waals surface area contributed by atoms with Gasteiger partial charge >= 0.3 is 5.97 Å². The molecule has 7 nitrogen and oxygen atoms in total. The number of aliphatic hydroxyl groups is 1. The summed E-state index contributed by atoms with van der Waals surface area (Å²) < 4.78 is 27.1. The van der Waals surface area contributed by atoms with Crippen molar-refractivity contribution in [3.63, 3.8) is 0 Å². The number of rotatable bonds is 4. The van der Waals surface area contributed by atoms with Gasteiger partial charge in [0.25, 0.3) is 0 Å². The van der Waals surface area contributed by atoms with Crippen molar-refractivity contribution in [3.8, 4) is 5.75 Å². The molecule has 0 spiro atoms. The van der Waals surface area contributed by atoms with Crippen LogP contribution in [-0.2, 0) is 18.9 Å². The van der Waals surface area contributed by atoms with Crippen molar-refractivity contribution in [1.29, 1.82) is 0 Å². The summed E-state index contributed by atoms with van der Waals surface area (Å²) in [5.41, 5.74) is 0.0238. The van der Waals surface area contributed by atoms with E-state index in [0.717, 1.165) is 0 Å². The first kappa shape index (κ1) is 18.7. The Kier molecular flexibility index (Phi) is 5.16. The van der Waals surface area contributed by atoms with Crippen LogP contribution >= 0.6 is 23.2 Å². The van der Waals surface area contributed by atoms with Crippen LogP contribution in [0, 0.1) is 0 Å². The molecule has 1 aromatic carbocycles. The summed E-state index contributed by atoms with van der Waals surface area (Å²) in [7, 11) is 1.38. The zero-order valence-corrected chi connectivity index (χ0v) is 15.3. The van der Waals surface area contributed by atoms with E-state index in [1.54, 1.807) is 13.8 Å². The topological polar surface area (TPSA) is 83.5 Å². The van der Waals surface area contributed by atoms with Crippen LogP contribution in [0.15, 0.2) is 12.1 Å². The molecule has 1 N–H and O–H groups in total. The number of esters is 1. The average molecular weight is 393 g/mol. The number of carbonyl (C=O) groups excluding carboxylic acids is 1. The van der Waals surface area contributed by atoms with Crippen molar-refractivity contribution < 1.29 is 33.6 Å². The largest absolute Gasteiger partial charge is 0.494 e. The van der Waals surface area contributed by atoms with E-state index >= 15 is 0 Å². The van der Waals surface area contributed by atoms with Gasteiger partial charge in [-0.15, -0.1) is 0 Å². The molecule has 0 unspecified atom stereocenters. The molecule has 2 aliphatic rings. The Labute approximate surface area is 154 Å². The molecule has 138 valence electrons. The molecule has 1 aromatic rings. The van der Waals surface area contributed by atoms with Crippen LogP contribution < -0.4 is 4.74 Å². The SMILES string of the molecule is COc1c(Cl)ccc(Cl)c1C(=O)OC[C@H]1O[C@@H](O)[C@@H]2OC(C)(C)O[C@@H]21. The average Bonchev–Trinajstić information content (AvgIpc) is 3.01. The van der Waals surface area contributed by atoms with Crippen molar-refractivity contribution in [1.82, 2.24) is 0 Å². The van der Waals surface area contributed by atoms with E-state index in [2.05, 4.69) is 0 Å². The summed E-state index contributed by atoms with van der Waals surface area (Å²) in [5, 5.41) is 10.3. The Balaban J connectivity index is 1.71. The van der Waals surface area contributed by atoms with E-state index in [9.17, 15) is 9.90 Å². The van der Waals surface area contributed by atoms with Crippen LogP contribution in [0.3, 0.4) is 0 Å². The highest BCUT2D eigenvalue weighted by molar-refractivity contribution is 6.37. The van der Waals surface area contributed by atoms with Gasteiger partial charge in [-0.25, -0.2) is 4.79 Å². The third-order valence-electron chi connectivity index (χ3n) is 3.97. The third-order valence-corrected chi connectivity index (χ3v) is 4.58. The van der Waals surface area contributed by atoms with E-state index in [0.29, 0.717) is 0 Å². The summed E-state index contributed by atoms with van der Waals surface area (Å²) in [6.45, 7) is 3.32. The van der Waals surface area contributed by atoms with Gasteiger partial charge in [-0.3, -0.25) is 0 Å². The van der Waals surface area contributed by atoms with Crippen LogP contribution in [0.1, 0.15) is 24.2 Å². The van der Waals surface area contributed by atoms with Gasteiger partial charge in [0.2, 0.25) is 0 Å². The lowest BCUT2D eigenvalue weighted by Gasteiger charge is -2.22. The van der Waals surface area contributed by atoms with Crippen molar-refractivity contribution in [2.24, 2.45) is 0 Å².